The van der Waals surface area contributed by atoms with Crippen molar-refractivity contribution in [3.8, 4) is 22.8 Å². The number of aromatic amines is 1. The van der Waals surface area contributed by atoms with E-state index in [1.165, 1.54) is 0 Å². The lowest BCUT2D eigenvalue weighted by Gasteiger charge is -2.10. The molecule has 0 fully saturated rings. The molecule has 0 bridgehead atoms. The molecule has 0 atom stereocenters. The summed E-state index contributed by atoms with van der Waals surface area (Å²) in [6, 6.07) is 14.9. The number of amides is 1. The quantitative estimate of drug-likeness (QED) is 0.702. The standard InChI is InChI=1S/C20H21N3O3/c1-4-26-15-8-6-14(7-9-15)16-12-18(23-22-16)20(24)21-17-11-13(2)5-10-19(17)25-3/h5-12H,4H2,1-3H3,(H,21,24)(H,22,23). The minimum atomic E-state index is -0.279. The predicted octanol–water partition coefficient (Wildman–Crippen LogP) is 4.04. The van der Waals surface area contributed by atoms with Crippen molar-refractivity contribution in [1.82, 2.24) is 10.2 Å². The summed E-state index contributed by atoms with van der Waals surface area (Å²) in [4.78, 5) is 12.5. The Balaban J connectivity index is 1.77. The van der Waals surface area contributed by atoms with Crippen molar-refractivity contribution >= 4 is 11.6 Å². The molecule has 3 aromatic rings. The van der Waals surface area contributed by atoms with Crippen LogP contribution in [0.2, 0.25) is 0 Å². The van der Waals surface area contributed by atoms with E-state index in [2.05, 4.69) is 15.5 Å². The van der Waals surface area contributed by atoms with E-state index in [1.807, 2.05) is 56.3 Å². The van der Waals surface area contributed by atoms with Crippen LogP contribution in [-0.4, -0.2) is 29.8 Å². The molecule has 6 nitrogen and oxygen atoms in total. The number of nitrogens with one attached hydrogen (secondary N) is 2. The van der Waals surface area contributed by atoms with E-state index in [0.29, 0.717) is 29.4 Å². The number of ether oxygens (including phenoxy) is 2. The Morgan fingerprint density at radius 2 is 1.92 bits per heavy atom. The van der Waals surface area contributed by atoms with Gasteiger partial charge in [-0.25, -0.2) is 0 Å². The number of aromatic nitrogens is 2. The van der Waals surface area contributed by atoms with Crippen molar-refractivity contribution in [2.24, 2.45) is 0 Å². The second-order valence-electron chi connectivity index (χ2n) is 5.78. The van der Waals surface area contributed by atoms with E-state index < -0.39 is 0 Å². The normalized spacial score (nSPS) is 10.4. The van der Waals surface area contributed by atoms with Gasteiger partial charge in [0.2, 0.25) is 0 Å². The number of benzene rings is 2. The van der Waals surface area contributed by atoms with Gasteiger partial charge >= 0.3 is 0 Å². The first-order valence-corrected chi connectivity index (χ1v) is 8.35. The summed E-state index contributed by atoms with van der Waals surface area (Å²) in [5.74, 6) is 1.13. The Bertz CT molecular complexity index is 901. The Hall–Kier alpha value is -3.28. The molecule has 0 radical (unpaired) electrons. The van der Waals surface area contributed by atoms with E-state index in [9.17, 15) is 4.79 Å². The van der Waals surface area contributed by atoms with E-state index in [1.54, 1.807) is 13.2 Å². The molecule has 6 heteroatoms. The van der Waals surface area contributed by atoms with Gasteiger partial charge in [0.1, 0.15) is 17.2 Å². The van der Waals surface area contributed by atoms with Crippen LogP contribution in [0.4, 0.5) is 5.69 Å². The number of methoxy groups -OCH3 is 1. The Morgan fingerprint density at radius 3 is 2.62 bits per heavy atom. The number of nitrogens with zero attached hydrogens (tertiary/aromatic N) is 1. The molecule has 1 aromatic heterocycles. The number of hydrogen-bond acceptors (Lipinski definition) is 4. The third-order valence-corrected chi connectivity index (χ3v) is 3.89. The van der Waals surface area contributed by atoms with Crippen LogP contribution in [0.15, 0.2) is 48.5 Å². The highest BCUT2D eigenvalue weighted by Crippen LogP contribution is 2.26. The maximum atomic E-state index is 12.5. The number of rotatable bonds is 6. The second-order valence-corrected chi connectivity index (χ2v) is 5.78. The van der Waals surface area contributed by atoms with Gasteiger partial charge in [0.05, 0.1) is 25.1 Å². The minimum Gasteiger partial charge on any atom is -0.495 e. The van der Waals surface area contributed by atoms with Crippen LogP contribution >= 0.6 is 0 Å². The van der Waals surface area contributed by atoms with E-state index in [-0.39, 0.29) is 5.91 Å². The summed E-state index contributed by atoms with van der Waals surface area (Å²) >= 11 is 0. The summed E-state index contributed by atoms with van der Waals surface area (Å²) in [5.41, 5.74) is 3.61. The zero-order chi connectivity index (χ0) is 18.5. The number of carbonyl (C=O) groups is 1. The van der Waals surface area contributed by atoms with Crippen molar-refractivity contribution in [3.05, 3.63) is 59.8 Å². The molecule has 0 saturated carbocycles. The third kappa shape index (κ3) is 3.85. The average Bonchev–Trinajstić information content (AvgIpc) is 3.13. The molecule has 134 valence electrons. The van der Waals surface area contributed by atoms with Gasteiger partial charge < -0.3 is 14.8 Å². The van der Waals surface area contributed by atoms with Crippen LogP contribution in [-0.2, 0) is 0 Å². The lowest BCUT2D eigenvalue weighted by Crippen LogP contribution is -2.13. The molecule has 0 saturated heterocycles. The molecule has 2 N–H and O–H groups in total. The molecule has 3 rings (SSSR count). The van der Waals surface area contributed by atoms with Gasteiger partial charge in [-0.05, 0) is 61.9 Å². The zero-order valence-electron chi connectivity index (χ0n) is 15.0. The SMILES string of the molecule is CCOc1ccc(-c2cc(C(=O)Nc3cc(C)ccc3OC)[nH]n2)cc1. The van der Waals surface area contributed by atoms with E-state index >= 15 is 0 Å². The molecular formula is C20H21N3O3. The number of H-pyrrole nitrogens is 1. The van der Waals surface area contributed by atoms with Crippen molar-refractivity contribution in [2.45, 2.75) is 13.8 Å². The van der Waals surface area contributed by atoms with E-state index in [0.717, 1.165) is 16.9 Å². The Labute approximate surface area is 152 Å². The summed E-state index contributed by atoms with van der Waals surface area (Å²) < 4.78 is 10.7. The topological polar surface area (TPSA) is 76.2 Å². The highest BCUT2D eigenvalue weighted by molar-refractivity contribution is 6.04. The highest BCUT2D eigenvalue weighted by atomic mass is 16.5. The first-order valence-electron chi connectivity index (χ1n) is 8.35. The molecule has 0 unspecified atom stereocenters. The maximum absolute atomic E-state index is 12.5. The predicted molar refractivity (Wildman–Crippen MR) is 101 cm³/mol. The zero-order valence-corrected chi connectivity index (χ0v) is 15.0. The number of aryl methyl sites for hydroxylation is 1. The molecular weight excluding hydrogens is 330 g/mol. The van der Waals surface area contributed by atoms with Gasteiger partial charge in [0.25, 0.3) is 5.91 Å². The molecule has 0 aliphatic heterocycles. The largest absolute Gasteiger partial charge is 0.495 e. The summed E-state index contributed by atoms with van der Waals surface area (Å²) in [6.45, 7) is 4.51. The fourth-order valence-corrected chi connectivity index (χ4v) is 2.58. The van der Waals surface area contributed by atoms with Crippen LogP contribution in [0, 0.1) is 6.92 Å². The van der Waals surface area contributed by atoms with Crippen LogP contribution < -0.4 is 14.8 Å². The Kier molecular flexibility index (Phi) is 5.22. The Morgan fingerprint density at radius 1 is 1.15 bits per heavy atom. The fourth-order valence-electron chi connectivity index (χ4n) is 2.58. The molecule has 0 spiro atoms. The minimum absolute atomic E-state index is 0.279. The van der Waals surface area contributed by atoms with Crippen LogP contribution in [0.5, 0.6) is 11.5 Å². The molecule has 2 aromatic carbocycles. The van der Waals surface area contributed by atoms with E-state index in [4.69, 9.17) is 9.47 Å². The molecule has 1 heterocycles. The monoisotopic (exact) mass is 351 g/mol. The van der Waals surface area contributed by atoms with Gasteiger partial charge in [0, 0.05) is 5.56 Å². The maximum Gasteiger partial charge on any atom is 0.273 e. The fraction of sp³-hybridized carbons (Fsp3) is 0.200. The van der Waals surface area contributed by atoms with Crippen molar-refractivity contribution in [3.63, 3.8) is 0 Å². The van der Waals surface area contributed by atoms with Crippen molar-refractivity contribution < 1.29 is 14.3 Å². The van der Waals surface area contributed by atoms with Gasteiger partial charge in [-0.1, -0.05) is 6.07 Å². The average molecular weight is 351 g/mol. The van der Waals surface area contributed by atoms with Crippen LogP contribution in [0.1, 0.15) is 23.0 Å². The molecule has 0 aliphatic rings. The molecule has 0 aliphatic carbocycles. The number of carbonyl (C=O) groups excluding carboxylic acids is 1. The van der Waals surface area contributed by atoms with Crippen molar-refractivity contribution in [1.29, 1.82) is 0 Å². The first-order chi connectivity index (χ1) is 12.6. The molecule has 26 heavy (non-hydrogen) atoms. The number of anilines is 1. The third-order valence-electron chi connectivity index (χ3n) is 3.89. The van der Waals surface area contributed by atoms with Gasteiger partial charge in [-0.2, -0.15) is 5.10 Å². The lowest BCUT2D eigenvalue weighted by molar-refractivity contribution is 0.102. The first kappa shape index (κ1) is 17.5. The van der Waals surface area contributed by atoms with Gasteiger partial charge in [-0.15, -0.1) is 0 Å². The van der Waals surface area contributed by atoms with Crippen LogP contribution in [0.3, 0.4) is 0 Å². The lowest BCUT2D eigenvalue weighted by atomic mass is 10.1. The number of hydrogen-bond donors (Lipinski definition) is 2. The smallest absolute Gasteiger partial charge is 0.273 e. The summed E-state index contributed by atoms with van der Waals surface area (Å²) in [7, 11) is 1.57. The van der Waals surface area contributed by atoms with Gasteiger partial charge in [-0.3, -0.25) is 9.89 Å². The summed E-state index contributed by atoms with van der Waals surface area (Å²) in [6.07, 6.45) is 0. The highest BCUT2D eigenvalue weighted by Gasteiger charge is 2.14. The summed E-state index contributed by atoms with van der Waals surface area (Å²) in [5, 5.41) is 9.86. The second kappa shape index (κ2) is 7.74. The van der Waals surface area contributed by atoms with Crippen molar-refractivity contribution in [2.75, 3.05) is 19.0 Å². The van der Waals surface area contributed by atoms with Gasteiger partial charge in [0.15, 0.2) is 0 Å². The van der Waals surface area contributed by atoms with Crippen LogP contribution in [0.25, 0.3) is 11.3 Å². The molecule has 1 amide bonds.